The lowest BCUT2D eigenvalue weighted by Crippen LogP contribution is -2.61. The van der Waals surface area contributed by atoms with Gasteiger partial charge in [-0.15, -0.1) is 0 Å². The monoisotopic (exact) mass is 1780 g/mol. The highest BCUT2D eigenvalue weighted by Gasteiger charge is 2.54. The molecule has 13 heterocycles. The largest absolute Gasteiger partial charge is 0.0628 e. The highest BCUT2D eigenvalue weighted by atomic mass is 29.6. The van der Waals surface area contributed by atoms with E-state index in [0.29, 0.717) is 9.52 Å². The summed E-state index contributed by atoms with van der Waals surface area (Å²) in [7, 11) is -0.464. The van der Waals surface area contributed by atoms with Gasteiger partial charge in [0.25, 0.3) is 0 Å². The maximum atomic E-state index is 1.95. The molecule has 0 spiro atoms. The van der Waals surface area contributed by atoms with Gasteiger partial charge in [0.2, 0.25) is 0 Å². The second-order valence-electron chi connectivity index (χ2n) is 43.0. The minimum absolute atomic E-state index is 0.0196. The predicted molar refractivity (Wildman–Crippen MR) is 543 cm³/mol. The third-order valence-electron chi connectivity index (χ3n) is 37.9. The van der Waals surface area contributed by atoms with Crippen LogP contribution >= 0.6 is 0 Å². The molecule has 0 saturated carbocycles. The van der Waals surface area contributed by atoms with Crippen molar-refractivity contribution in [2.75, 3.05) is 0 Å². The van der Waals surface area contributed by atoms with Crippen LogP contribution in [0.5, 0.6) is 0 Å². The summed E-state index contributed by atoms with van der Waals surface area (Å²) in [5.41, 5.74) is 3.16. The molecule has 11 unspecified atom stereocenters. The van der Waals surface area contributed by atoms with Crippen LogP contribution < -0.4 is 0 Å². The van der Waals surface area contributed by atoms with Gasteiger partial charge in [-0.1, -0.05) is 451 Å². The highest BCUT2D eigenvalue weighted by molar-refractivity contribution is 7.60. The van der Waals surface area contributed by atoms with Crippen molar-refractivity contribution in [1.82, 2.24) is 0 Å². The smallest absolute Gasteiger partial charge is 0.0535 e. The Morgan fingerprint density at radius 1 is 0.267 bits per heavy atom. The maximum absolute atomic E-state index is 1.95. The molecule has 0 amide bonds. The van der Waals surface area contributed by atoms with Crippen LogP contribution in [0.15, 0.2) is 0 Å². The first-order valence-electron chi connectivity index (χ1n) is 51.6. The number of hydrogen-bond acceptors (Lipinski definition) is 0. The van der Waals surface area contributed by atoms with Gasteiger partial charge in [-0.25, -0.2) is 0 Å². The average Bonchev–Trinajstić information content (AvgIpc) is 0.801. The molecule has 0 aromatic heterocycles. The topological polar surface area (TPSA) is 0 Å². The normalized spacial score (nSPS) is 43.5. The molecule has 0 bridgehead atoms. The van der Waals surface area contributed by atoms with Crippen molar-refractivity contribution < 1.29 is 0 Å². The summed E-state index contributed by atoms with van der Waals surface area (Å²) in [5, 5.41) is 5.14. The zero-order valence-corrected chi connectivity index (χ0v) is 98.8. The summed E-state index contributed by atoms with van der Waals surface area (Å²) in [4.78, 5) is 0. The molecule has 0 aromatic carbocycles. The summed E-state index contributed by atoms with van der Waals surface area (Å²) < 4.78 is 0. The molecule has 0 aromatic rings. The lowest BCUT2D eigenvalue weighted by atomic mass is 9.65. The summed E-state index contributed by atoms with van der Waals surface area (Å²) in [6.45, 7) is 0. The Hall–Kier alpha value is 4.55. The molecule has 603 valence electrons. The molecule has 13 rings (SSSR count). The second-order valence-corrected chi connectivity index (χ2v) is 106. The molecule has 13 fully saturated rings. The van der Waals surface area contributed by atoms with E-state index < -0.39 is 15.2 Å². The van der Waals surface area contributed by atoms with Gasteiger partial charge in [-0.2, -0.15) is 0 Å². The summed E-state index contributed by atoms with van der Waals surface area (Å²) in [6.07, 6.45) is 58.3. The van der Waals surface area contributed by atoms with Crippen molar-refractivity contribution in [1.29, 1.82) is 0 Å². The van der Waals surface area contributed by atoms with E-state index in [1.807, 2.05) is 222 Å². The lowest BCUT2D eigenvalue weighted by molar-refractivity contribution is 0.110. The van der Waals surface area contributed by atoms with Gasteiger partial charge in [0.15, 0.2) is 0 Å². The Balaban J connectivity index is 0.722. The van der Waals surface area contributed by atoms with Crippen LogP contribution in [0.25, 0.3) is 0 Å². The predicted octanol–water partition coefficient (Wildman–Crippen LogP) is 15.8. The summed E-state index contributed by atoms with van der Waals surface area (Å²) >= 11 is 0. The van der Waals surface area contributed by atoms with Gasteiger partial charge in [-0.05, 0) is 62.8 Å². The van der Waals surface area contributed by atoms with E-state index >= 15 is 0 Å². The van der Waals surface area contributed by atoms with Gasteiger partial charge in [0, 0.05) is 185 Å². The first-order valence-corrected chi connectivity index (χ1v) is 95.3. The third-order valence-corrected chi connectivity index (χ3v) is 121. The van der Waals surface area contributed by atoms with E-state index in [0.717, 1.165) is 15.9 Å². The quantitative estimate of drug-likeness (QED) is 0.171. The van der Waals surface area contributed by atoms with Gasteiger partial charge in [0.1, 0.15) is 0 Å². The van der Waals surface area contributed by atoms with Crippen molar-refractivity contribution in [3.63, 3.8) is 0 Å². The van der Waals surface area contributed by atoms with E-state index in [1.165, 1.54) is 62.5 Å². The molecule has 0 aliphatic carbocycles. The first-order chi connectivity index (χ1) is 52.0. The molecule has 0 N–H and O–H groups in total. The van der Waals surface area contributed by atoms with Gasteiger partial charge < -0.3 is 0 Å². The van der Waals surface area contributed by atoms with Gasteiger partial charge in [-0.3, -0.25) is 0 Å². The Bertz CT molecular complexity index is 2150. The van der Waals surface area contributed by atoms with E-state index in [4.69, 9.17) is 0 Å². The maximum Gasteiger partial charge on any atom is 0.0535 e. The first kappa shape index (κ1) is 87.4. The van der Waals surface area contributed by atoms with Crippen LogP contribution in [0.3, 0.4) is 0 Å². The second kappa shape index (κ2) is 47.5. The van der Waals surface area contributed by atoms with Crippen molar-refractivity contribution in [2.24, 2.45) is 52.3 Å². The van der Waals surface area contributed by atoms with Crippen LogP contribution in [-0.4, -0.2) is 193 Å². The Kier molecular flexibility index (Phi) is 39.5. The van der Waals surface area contributed by atoms with E-state index in [-0.39, 0.29) is 168 Å². The molecule has 21 heteroatoms. The van der Waals surface area contributed by atoms with Crippen LogP contribution in [-0.2, 0) is 0 Å². The lowest BCUT2D eigenvalue weighted by Gasteiger charge is -2.51. The molecule has 0 nitrogen and oxygen atoms in total. The Morgan fingerprint density at radius 2 is 0.676 bits per heavy atom. The van der Waals surface area contributed by atoms with Crippen LogP contribution in [0.2, 0.25) is 250 Å². The Morgan fingerprint density at radius 3 is 1.25 bits per heavy atom. The summed E-state index contributed by atoms with van der Waals surface area (Å²) in [6, 6.07) is 67.8. The molecule has 105 heavy (non-hydrogen) atoms. The van der Waals surface area contributed by atoms with Crippen LogP contribution in [0, 0.1) is 52.3 Å². The molecule has 13 aliphatic rings. The number of hydrogen-bond donors (Lipinski definition) is 0. The van der Waals surface area contributed by atoms with Crippen molar-refractivity contribution >= 4 is 193 Å². The zero-order chi connectivity index (χ0) is 71.4. The van der Waals surface area contributed by atoms with Crippen LogP contribution in [0.4, 0.5) is 0 Å². The highest BCUT2D eigenvalue weighted by Crippen LogP contribution is 2.61. The minimum Gasteiger partial charge on any atom is -0.0628 e. The fourth-order valence-corrected chi connectivity index (χ4v) is 128. The third kappa shape index (κ3) is 24.2. The molecular formula is C84H183Si21. The van der Waals surface area contributed by atoms with Crippen molar-refractivity contribution in [2.45, 2.75) is 462 Å². The van der Waals surface area contributed by atoms with E-state index in [2.05, 4.69) is 0 Å². The SMILES string of the molecule is C1CC[SiH2]C([Si]2CCCC[Si]([Si]3([Si]4CCCC[Si](C5CCC[SiH2]C(C6CC[SiH2]CCCC[SiH2]C6)CCC[SiH2]5)(C5CCC[SiH2]C(C6CC[SiH2]CC(C7CC[SiH2]C7)(C7CC[SiH2]C7)CC[SiH2]C6)(C6CC[SiH2]CC(C7CC[SiH2]C7)(C7CC[SiH2]C7)CC[SiH2]C6)CCC[SiH2]5)CCCC4)CCCC3)CCCC2)CCC[SiH2]C1. The Labute approximate surface area is 699 Å². The molecule has 3 radical (unpaired) electrons. The van der Waals surface area contributed by atoms with Crippen molar-refractivity contribution in [3.8, 4) is 0 Å². The van der Waals surface area contributed by atoms with E-state index in [9.17, 15) is 0 Å². The average molecular weight is 1780 g/mol. The fraction of sp³-hybridized carbons (Fsp3) is 1.00. The standard InChI is InChI=1S/C84H183Si21/c1-2-36-87-62-71(24-43-86-35-1)78-20-15-40-98-80(22-17-39-96-78)104(58-11-9-56-103(57-10-12-59-104)105(60-13-14-61-105)102-54-7-5-52-101(53-6-8-55-102)79-21-16-37-85-34-3-4-38-97-79)81-23-18-42-100-84(31-19-41-99-81,76-29-48-94-69-82(32-50-92-67-76,72-25-44-88-63-72)73-26-45-89-64-73)77-30-49-95-70-83(33-51-93-68-77,74-27-46-90-65-74)75-28-47-91-66-75/h71-81H,1-70,85-100H2. The molecule has 11 atom stereocenters. The van der Waals surface area contributed by atoms with Gasteiger partial charge >= 0.3 is 0 Å². The van der Waals surface area contributed by atoms with Crippen LogP contribution in [0.1, 0.15) is 212 Å². The fourth-order valence-electron chi connectivity index (χ4n) is 32.4. The summed E-state index contributed by atoms with van der Waals surface area (Å²) in [5.74, 6) is 8.82. The molecule has 13 aliphatic heterocycles. The van der Waals surface area contributed by atoms with Gasteiger partial charge in [0.05, 0.1) is 8.07 Å². The van der Waals surface area contributed by atoms with E-state index in [1.54, 1.807) is 214 Å². The van der Waals surface area contributed by atoms with Crippen molar-refractivity contribution in [3.05, 3.63) is 0 Å². The zero-order valence-electron chi connectivity index (χ0n) is 71.2. The molecular weight excluding hydrogens is 1600 g/mol. The molecule has 13 saturated heterocycles. The minimum atomic E-state index is -1.41. The number of rotatable bonds is 12.